The highest BCUT2D eigenvalue weighted by Gasteiger charge is 2.55. The number of thiazole rings is 1. The van der Waals surface area contributed by atoms with Gasteiger partial charge < -0.3 is 24.9 Å². The third-order valence-electron chi connectivity index (χ3n) is 9.18. The second-order valence-electron chi connectivity index (χ2n) is 13.1. The van der Waals surface area contributed by atoms with Crippen LogP contribution in [-0.2, 0) is 25.7 Å². The number of anilines is 1. The molecule has 1 unspecified atom stereocenters. The zero-order valence-electron chi connectivity index (χ0n) is 28.4. The molecule has 3 atom stereocenters. The van der Waals surface area contributed by atoms with Gasteiger partial charge in [-0.05, 0) is 51.3 Å². The Kier molecular flexibility index (Phi) is 10.8. The highest BCUT2D eigenvalue weighted by atomic mass is 32.1. The summed E-state index contributed by atoms with van der Waals surface area (Å²) < 4.78 is 53.0. The van der Waals surface area contributed by atoms with E-state index in [1.54, 1.807) is 74.2 Å². The number of aliphatic carboxylic acids is 1. The monoisotopic (exact) mass is 715 g/mol. The number of benzene rings is 1. The fraction of sp³-hybridized carbons (Fsp3) is 0.471. The Morgan fingerprint density at radius 2 is 2.04 bits per heavy atom. The molecule has 2 aromatic heterocycles. The van der Waals surface area contributed by atoms with Crippen molar-refractivity contribution in [2.45, 2.75) is 58.7 Å². The highest BCUT2D eigenvalue weighted by Crippen LogP contribution is 2.40. The number of aldehydes is 1. The van der Waals surface area contributed by atoms with Crippen LogP contribution in [0.4, 0.5) is 19.0 Å². The number of nitrogens with zero attached hydrogens (tertiary/aromatic N) is 6. The van der Waals surface area contributed by atoms with Gasteiger partial charge in [-0.1, -0.05) is 12.1 Å². The van der Waals surface area contributed by atoms with Crippen LogP contribution < -0.4 is 10.2 Å². The molecule has 1 fully saturated rings. The topological polar surface area (TPSA) is 142 Å². The van der Waals surface area contributed by atoms with Gasteiger partial charge in [-0.3, -0.25) is 19.4 Å². The van der Waals surface area contributed by atoms with Crippen LogP contribution in [0.3, 0.4) is 0 Å². The van der Waals surface area contributed by atoms with Crippen molar-refractivity contribution in [2.24, 2.45) is 16.3 Å². The quantitative estimate of drug-likeness (QED) is 0.182. The molecular weight excluding hydrogens is 675 g/mol. The van der Waals surface area contributed by atoms with Crippen molar-refractivity contribution in [1.29, 1.82) is 0 Å². The molecule has 2 N–H and O–H groups in total. The number of likely N-dealkylation sites (tertiary alicyclic amines) is 1. The molecule has 16 heteroatoms. The number of aliphatic imine (C=N–C) groups is 1. The largest absolute Gasteiger partial charge is 0.481 e. The number of halogens is 3. The van der Waals surface area contributed by atoms with Crippen LogP contribution in [0.5, 0.6) is 0 Å². The number of hydrogen-bond acceptors (Lipinski definition) is 11. The molecule has 1 aromatic carbocycles. The van der Waals surface area contributed by atoms with E-state index >= 15 is 8.78 Å². The van der Waals surface area contributed by atoms with E-state index in [0.29, 0.717) is 29.4 Å². The number of esters is 1. The van der Waals surface area contributed by atoms with E-state index < -0.39 is 53.6 Å². The number of likely N-dealkylation sites (N-methyl/N-ethyl adjacent to an activating group) is 1. The van der Waals surface area contributed by atoms with Crippen molar-refractivity contribution < 1.29 is 37.4 Å². The molecule has 2 aliphatic heterocycles. The molecule has 268 valence electrons. The van der Waals surface area contributed by atoms with Crippen molar-refractivity contribution >= 4 is 41.2 Å². The number of aryl methyl sites for hydroxylation is 1. The predicted molar refractivity (Wildman–Crippen MR) is 181 cm³/mol. The number of carbonyl (C=O) groups is 3. The number of carboxylic acids is 1. The van der Waals surface area contributed by atoms with Gasteiger partial charge in [0.05, 0.1) is 30.1 Å². The lowest BCUT2D eigenvalue weighted by Crippen LogP contribution is -2.46. The van der Waals surface area contributed by atoms with Gasteiger partial charge in [-0.25, -0.2) is 22.9 Å². The van der Waals surface area contributed by atoms with Crippen molar-refractivity contribution in [1.82, 2.24) is 25.0 Å². The molecule has 0 aliphatic carbocycles. The first-order valence-electron chi connectivity index (χ1n) is 16.1. The summed E-state index contributed by atoms with van der Waals surface area (Å²) in [5, 5.41) is 19.3. The molecule has 0 saturated carbocycles. The average Bonchev–Trinajstić information content (AvgIpc) is 3.81. The van der Waals surface area contributed by atoms with Gasteiger partial charge in [0.25, 0.3) is 5.92 Å². The Bertz CT molecular complexity index is 1790. The van der Waals surface area contributed by atoms with E-state index in [2.05, 4.69) is 15.4 Å². The number of carbonyl (C=O) groups excluding carboxylic acids is 2. The van der Waals surface area contributed by atoms with Crippen LogP contribution in [0.1, 0.15) is 49.4 Å². The molecule has 4 heterocycles. The summed E-state index contributed by atoms with van der Waals surface area (Å²) in [6.45, 7) is 5.77. The van der Waals surface area contributed by atoms with Crippen molar-refractivity contribution in [2.75, 3.05) is 38.2 Å². The van der Waals surface area contributed by atoms with Crippen LogP contribution in [-0.4, -0.2) is 94.1 Å². The summed E-state index contributed by atoms with van der Waals surface area (Å²) >= 11 is 1.28. The van der Waals surface area contributed by atoms with Gasteiger partial charge in [0, 0.05) is 62.3 Å². The third kappa shape index (κ3) is 7.60. The highest BCUT2D eigenvalue weighted by molar-refractivity contribution is 7.11. The van der Waals surface area contributed by atoms with E-state index in [-0.39, 0.29) is 48.7 Å². The zero-order chi connectivity index (χ0) is 36.4. The number of carboxylic acid groups (broad SMARTS) is 1. The molecule has 1 saturated heterocycles. The summed E-state index contributed by atoms with van der Waals surface area (Å²) in [6.07, 6.45) is 3.84. The lowest BCUT2D eigenvalue weighted by molar-refractivity contribution is -0.147. The maximum absolute atomic E-state index is 15.6. The number of rotatable bonds is 14. The van der Waals surface area contributed by atoms with Gasteiger partial charge in [0.2, 0.25) is 0 Å². The van der Waals surface area contributed by atoms with E-state index in [1.165, 1.54) is 28.4 Å². The maximum Gasteiger partial charge on any atom is 0.338 e. The number of nitrogens with one attached hydrogen (secondary N) is 1. The lowest BCUT2D eigenvalue weighted by atomic mass is 9.90. The summed E-state index contributed by atoms with van der Waals surface area (Å²) in [5.41, 5.74) is -0.0444. The second kappa shape index (κ2) is 14.7. The lowest BCUT2D eigenvalue weighted by Gasteiger charge is -2.33. The van der Waals surface area contributed by atoms with Gasteiger partial charge in [-0.2, -0.15) is 5.10 Å². The number of alkyl halides is 2. The predicted octanol–water partition coefficient (Wildman–Crippen LogP) is 4.47. The zero-order valence-corrected chi connectivity index (χ0v) is 29.2. The van der Waals surface area contributed by atoms with E-state index in [9.17, 15) is 23.9 Å². The normalized spacial score (nSPS) is 20.7. The fourth-order valence-electron chi connectivity index (χ4n) is 6.12. The second-order valence-corrected chi connectivity index (χ2v) is 14.0. The molecule has 0 spiro atoms. The van der Waals surface area contributed by atoms with Gasteiger partial charge in [0.15, 0.2) is 10.8 Å². The number of amidine groups is 1. The van der Waals surface area contributed by atoms with Gasteiger partial charge in [-0.15, -0.1) is 11.3 Å². The molecule has 0 radical (unpaired) electrons. The first-order chi connectivity index (χ1) is 23.7. The Morgan fingerprint density at radius 3 is 2.70 bits per heavy atom. The molecule has 2 aliphatic rings. The Labute approximate surface area is 291 Å². The van der Waals surface area contributed by atoms with Crippen molar-refractivity contribution in [3.05, 3.63) is 75.3 Å². The first kappa shape index (κ1) is 36.7. The molecule has 0 amide bonds. The third-order valence-corrected chi connectivity index (χ3v) is 9.96. The van der Waals surface area contributed by atoms with Crippen LogP contribution in [0.2, 0.25) is 0 Å². The molecule has 12 nitrogen and oxygen atoms in total. The number of ether oxygens (including phenoxy) is 1. The fourth-order valence-corrected chi connectivity index (χ4v) is 6.70. The molecular formula is C34H40F3N7O5S. The number of hydrogen-bond donors (Lipinski definition) is 2. The van der Waals surface area contributed by atoms with Crippen LogP contribution >= 0.6 is 11.3 Å². The van der Waals surface area contributed by atoms with Gasteiger partial charge >= 0.3 is 11.9 Å². The summed E-state index contributed by atoms with van der Waals surface area (Å²) in [7, 11) is 1.67. The minimum absolute atomic E-state index is 0.0242. The van der Waals surface area contributed by atoms with Crippen LogP contribution in [0.15, 0.2) is 58.3 Å². The van der Waals surface area contributed by atoms with Crippen molar-refractivity contribution in [3.8, 4) is 0 Å². The van der Waals surface area contributed by atoms with Crippen molar-refractivity contribution in [3.63, 3.8) is 0 Å². The van der Waals surface area contributed by atoms with E-state index in [4.69, 9.17) is 9.73 Å². The minimum atomic E-state index is -3.39. The smallest absolute Gasteiger partial charge is 0.338 e. The van der Waals surface area contributed by atoms with Crippen LogP contribution in [0.25, 0.3) is 0 Å². The van der Waals surface area contributed by atoms with E-state index in [0.717, 1.165) is 0 Å². The maximum atomic E-state index is 15.6. The first-order valence-corrected chi connectivity index (χ1v) is 17.0. The molecule has 3 aromatic rings. The molecule has 5 rings (SSSR count). The summed E-state index contributed by atoms with van der Waals surface area (Å²) in [5.74, 6) is -6.51. The SMILES string of the molecule is CCOC(=O)C1=C(CN2CC(F)(F)C(C=O)[C@@H]2CN(C)c2ccn(CCC(C)(C)C(=O)O)n2)NC(c2nccs2)=N[C@H]1c1cccc(F)c1C. The van der Waals surface area contributed by atoms with Gasteiger partial charge in [0.1, 0.15) is 24.0 Å². The standard InChI is InChI=1S/C34H40F3N7O5S/c1-6-49-31(46)27-24(39-29(30-38-12-15-50-30)40-28(27)21-8-7-9-23(35)20(21)2)16-43-19-34(36,37)22(18-45)25(43)17-42(5)26-10-13-44(41-26)14-11-33(3,4)32(47)48/h7-10,12-13,15,18,22,25,28H,6,11,14,16-17,19H2,1-5H3,(H,39,40)(H,47,48)/t22?,25-,28-/m0/s1. The summed E-state index contributed by atoms with van der Waals surface area (Å²) in [6, 6.07) is 4.09. The summed E-state index contributed by atoms with van der Waals surface area (Å²) in [4.78, 5) is 49.6. The molecule has 0 bridgehead atoms. The molecule has 50 heavy (non-hydrogen) atoms. The minimum Gasteiger partial charge on any atom is -0.481 e. The Hall–Kier alpha value is -4.57. The number of aromatic nitrogens is 3. The van der Waals surface area contributed by atoms with Crippen LogP contribution in [0, 0.1) is 24.1 Å². The van der Waals surface area contributed by atoms with E-state index in [1.807, 2.05) is 0 Å². The Morgan fingerprint density at radius 1 is 1.28 bits per heavy atom. The average molecular weight is 716 g/mol. The Balaban J connectivity index is 1.50.